The van der Waals surface area contributed by atoms with Gasteiger partial charge in [0.2, 0.25) is 0 Å². The number of hydrogen-bond donors (Lipinski definition) is 1. The first kappa shape index (κ1) is 32.9. The van der Waals surface area contributed by atoms with Gasteiger partial charge in [-0.25, -0.2) is 0 Å². The van der Waals surface area contributed by atoms with Crippen LogP contribution in [-0.2, 0) is 5.41 Å². The lowest BCUT2D eigenvalue weighted by molar-refractivity contribution is 0.660. The summed E-state index contributed by atoms with van der Waals surface area (Å²) in [7, 11) is 0. The summed E-state index contributed by atoms with van der Waals surface area (Å²) >= 11 is 3.81. The minimum atomic E-state index is -0.218. The molecule has 1 aliphatic carbocycles. The van der Waals surface area contributed by atoms with Crippen molar-refractivity contribution in [2.24, 2.45) is 0 Å². The molecule has 2 aromatic heterocycles. The van der Waals surface area contributed by atoms with E-state index in [2.05, 4.69) is 200 Å². The van der Waals surface area contributed by atoms with Gasteiger partial charge in [0.15, 0.2) is 0 Å². The number of fused-ring (bicyclic) bond motifs is 10. The van der Waals surface area contributed by atoms with Gasteiger partial charge >= 0.3 is 0 Å². The zero-order valence-corrected chi connectivity index (χ0v) is 33.1. The largest absolute Gasteiger partial charge is 0.353 e. The summed E-state index contributed by atoms with van der Waals surface area (Å²) in [5.41, 5.74) is 18.6. The maximum absolute atomic E-state index is 4.02. The van der Waals surface area contributed by atoms with Crippen LogP contribution >= 0.6 is 23.1 Å². The van der Waals surface area contributed by atoms with Crippen LogP contribution in [0.2, 0.25) is 0 Å². The SMILES string of the molecule is CC1(C)c2ccccc2-c2cc3c(c(-c4cccc5c4[nH]c4c6ccccc6sc54)c21)Sc1cc(-c2ccccc2)ccc1N3c1ccc(-c2ccccc2)cc1. The number of thiophene rings is 1. The molecule has 2 nitrogen and oxygen atoms in total. The van der Waals surface area contributed by atoms with Crippen molar-refractivity contribution < 1.29 is 0 Å². The fourth-order valence-electron chi connectivity index (χ4n) is 9.55. The number of aromatic amines is 1. The number of nitrogens with zero attached hydrogens (tertiary/aromatic N) is 1. The molecule has 0 saturated carbocycles. The second-order valence-corrected chi connectivity index (χ2v) is 17.9. The molecule has 4 heteroatoms. The second kappa shape index (κ2) is 12.3. The van der Waals surface area contributed by atoms with Crippen LogP contribution in [-0.4, -0.2) is 4.98 Å². The van der Waals surface area contributed by atoms with E-state index in [1.807, 2.05) is 23.1 Å². The van der Waals surface area contributed by atoms with Crippen molar-refractivity contribution in [2.45, 2.75) is 29.1 Å². The van der Waals surface area contributed by atoms with Gasteiger partial charge in [0.25, 0.3) is 0 Å². The van der Waals surface area contributed by atoms with Crippen molar-refractivity contribution in [2.75, 3.05) is 4.90 Å². The number of nitrogens with one attached hydrogen (secondary N) is 1. The monoisotopic (exact) mass is 764 g/mol. The molecular formula is C53H36N2S2. The molecule has 1 aliphatic heterocycles. The predicted molar refractivity (Wildman–Crippen MR) is 244 cm³/mol. The quantitative estimate of drug-likeness (QED) is 0.192. The van der Waals surface area contributed by atoms with Gasteiger partial charge in [-0.1, -0.05) is 165 Å². The maximum Gasteiger partial charge on any atom is 0.0654 e. The van der Waals surface area contributed by atoms with Crippen LogP contribution in [0.4, 0.5) is 17.1 Å². The summed E-state index contributed by atoms with van der Waals surface area (Å²) < 4.78 is 2.64. The van der Waals surface area contributed by atoms with Crippen LogP contribution in [0.3, 0.4) is 0 Å². The summed E-state index contributed by atoms with van der Waals surface area (Å²) in [4.78, 5) is 9.07. The Bertz CT molecular complexity index is 3230. The third kappa shape index (κ3) is 4.84. The van der Waals surface area contributed by atoms with Gasteiger partial charge in [0, 0.05) is 47.5 Å². The Morgan fingerprint density at radius 1 is 0.509 bits per heavy atom. The Labute approximate surface area is 340 Å². The van der Waals surface area contributed by atoms with Crippen molar-refractivity contribution in [1.29, 1.82) is 0 Å². The lowest BCUT2D eigenvalue weighted by Gasteiger charge is -2.36. The molecule has 1 N–H and O–H groups in total. The lowest BCUT2D eigenvalue weighted by atomic mass is 9.78. The molecule has 8 aromatic carbocycles. The Kier molecular flexibility index (Phi) is 7.11. The summed E-state index contributed by atoms with van der Waals surface area (Å²) in [6, 6.07) is 64.9. The molecule has 10 aromatic rings. The third-order valence-electron chi connectivity index (χ3n) is 12.2. The van der Waals surface area contributed by atoms with Crippen LogP contribution < -0.4 is 4.90 Å². The zero-order valence-electron chi connectivity index (χ0n) is 31.5. The molecule has 0 saturated heterocycles. The summed E-state index contributed by atoms with van der Waals surface area (Å²) in [6.45, 7) is 4.84. The van der Waals surface area contributed by atoms with Crippen LogP contribution in [0.1, 0.15) is 25.0 Å². The number of benzene rings is 8. The fourth-order valence-corrected chi connectivity index (χ4v) is 12.0. The Hall–Kier alpha value is -6.33. The molecule has 3 heterocycles. The van der Waals surface area contributed by atoms with Crippen LogP contribution in [0, 0.1) is 0 Å². The minimum absolute atomic E-state index is 0.218. The molecule has 0 atom stereocenters. The highest BCUT2D eigenvalue weighted by Crippen LogP contribution is 2.62. The number of hydrogen-bond acceptors (Lipinski definition) is 3. The van der Waals surface area contributed by atoms with Crippen molar-refractivity contribution in [3.8, 4) is 44.5 Å². The number of aromatic nitrogens is 1. The molecule has 0 spiro atoms. The van der Waals surface area contributed by atoms with E-state index in [0.717, 1.165) is 5.69 Å². The van der Waals surface area contributed by atoms with Crippen molar-refractivity contribution in [3.05, 3.63) is 187 Å². The maximum atomic E-state index is 4.02. The molecule has 270 valence electrons. The average molecular weight is 765 g/mol. The topological polar surface area (TPSA) is 19.0 Å². The van der Waals surface area contributed by atoms with Crippen LogP contribution in [0.15, 0.2) is 186 Å². The second-order valence-electron chi connectivity index (χ2n) is 15.7. The first-order chi connectivity index (χ1) is 28.0. The fraction of sp³-hybridized carbons (Fsp3) is 0.0566. The number of rotatable bonds is 4. The van der Waals surface area contributed by atoms with Crippen molar-refractivity contribution in [1.82, 2.24) is 4.98 Å². The summed E-state index contributed by atoms with van der Waals surface area (Å²) in [6.07, 6.45) is 0. The number of anilines is 3. The smallest absolute Gasteiger partial charge is 0.0654 e. The number of para-hydroxylation sites is 1. The molecule has 0 fully saturated rings. The lowest BCUT2D eigenvalue weighted by Crippen LogP contribution is -2.20. The highest BCUT2D eigenvalue weighted by atomic mass is 32.2. The van der Waals surface area contributed by atoms with E-state index >= 15 is 0 Å². The molecule has 2 aliphatic rings. The molecule has 12 rings (SSSR count). The Morgan fingerprint density at radius 3 is 1.96 bits per heavy atom. The van der Waals surface area contributed by atoms with Gasteiger partial charge in [0.1, 0.15) is 0 Å². The highest BCUT2D eigenvalue weighted by molar-refractivity contribution is 8.00. The van der Waals surface area contributed by atoms with Crippen molar-refractivity contribution in [3.63, 3.8) is 0 Å². The van der Waals surface area contributed by atoms with E-state index in [4.69, 9.17) is 0 Å². The van der Waals surface area contributed by atoms with E-state index < -0.39 is 0 Å². The van der Waals surface area contributed by atoms with E-state index in [-0.39, 0.29) is 5.41 Å². The third-order valence-corrected chi connectivity index (χ3v) is 14.6. The van der Waals surface area contributed by atoms with Crippen LogP contribution in [0.25, 0.3) is 75.7 Å². The Balaban J connectivity index is 1.17. The molecular weight excluding hydrogens is 729 g/mol. The molecule has 0 unspecified atom stereocenters. The first-order valence-corrected chi connectivity index (χ1v) is 21.2. The molecule has 0 radical (unpaired) electrons. The van der Waals surface area contributed by atoms with Crippen molar-refractivity contribution >= 4 is 71.4 Å². The Morgan fingerprint density at radius 2 is 1.16 bits per heavy atom. The van der Waals surface area contributed by atoms with E-state index in [1.54, 1.807) is 0 Å². The van der Waals surface area contributed by atoms with Gasteiger partial charge in [-0.3, -0.25) is 0 Å². The van der Waals surface area contributed by atoms with E-state index in [9.17, 15) is 0 Å². The normalized spacial score (nSPS) is 13.8. The average Bonchev–Trinajstić information content (AvgIpc) is 3.89. The van der Waals surface area contributed by atoms with Gasteiger partial charge in [-0.15, -0.1) is 11.3 Å². The predicted octanol–water partition coefficient (Wildman–Crippen LogP) is 15.8. The van der Waals surface area contributed by atoms with Gasteiger partial charge in [0.05, 0.1) is 27.1 Å². The van der Waals surface area contributed by atoms with Gasteiger partial charge in [-0.05, 0) is 80.9 Å². The molecule has 57 heavy (non-hydrogen) atoms. The van der Waals surface area contributed by atoms with E-state index in [0.29, 0.717) is 0 Å². The van der Waals surface area contributed by atoms with Crippen LogP contribution in [0.5, 0.6) is 0 Å². The molecule has 0 amide bonds. The zero-order chi connectivity index (χ0) is 37.8. The summed E-state index contributed by atoms with van der Waals surface area (Å²) in [5, 5.41) is 2.57. The highest BCUT2D eigenvalue weighted by Gasteiger charge is 2.42. The van der Waals surface area contributed by atoms with Gasteiger partial charge < -0.3 is 9.88 Å². The van der Waals surface area contributed by atoms with Gasteiger partial charge in [-0.2, -0.15) is 0 Å². The number of H-pyrrole nitrogens is 1. The summed E-state index contributed by atoms with van der Waals surface area (Å²) in [5.74, 6) is 0. The first-order valence-electron chi connectivity index (χ1n) is 19.6. The molecule has 0 bridgehead atoms. The van der Waals surface area contributed by atoms with E-state index in [1.165, 1.54) is 108 Å². The standard InChI is InChI=1S/C53H36N2S2/c1-53(2)42-22-11-9-18-37(42)41-31-44-52(47(48(41)53)39-20-13-21-40-49(39)54-50-38-19-10-12-23-45(38)56-51(40)50)57-46-30-35(33-16-7-4-8-17-33)26-29-43(46)55(44)36-27-24-34(25-28-36)32-14-5-3-6-15-32/h3-31,54H,1-2H3. The minimum Gasteiger partial charge on any atom is -0.353 e.